The van der Waals surface area contributed by atoms with Gasteiger partial charge in [0.05, 0.1) is 0 Å². The predicted octanol–water partition coefficient (Wildman–Crippen LogP) is 0.668. The van der Waals surface area contributed by atoms with Gasteiger partial charge in [-0.05, 0) is 26.7 Å². The van der Waals surface area contributed by atoms with Gasteiger partial charge in [-0.1, -0.05) is 6.42 Å². The Morgan fingerprint density at radius 2 is 1.82 bits per heavy atom. The summed E-state index contributed by atoms with van der Waals surface area (Å²) < 4.78 is 0. The van der Waals surface area contributed by atoms with E-state index >= 15 is 0 Å². The summed E-state index contributed by atoms with van der Waals surface area (Å²) in [6.45, 7) is 8.69. The lowest BCUT2D eigenvalue weighted by Gasteiger charge is -2.44. The molecule has 1 aliphatic heterocycles. The molecule has 0 aromatic heterocycles. The zero-order chi connectivity index (χ0) is 12.5. The summed E-state index contributed by atoms with van der Waals surface area (Å²) in [6.07, 6.45) is 3.44. The Balaban J connectivity index is 1.83. The molecule has 0 radical (unpaired) electrons. The van der Waals surface area contributed by atoms with E-state index in [4.69, 9.17) is 5.73 Å². The highest BCUT2D eigenvalue weighted by atomic mass is 16.2. The normalized spacial score (nSPS) is 23.6. The largest absolute Gasteiger partial charge is 0.340 e. The molecule has 1 saturated carbocycles. The summed E-state index contributed by atoms with van der Waals surface area (Å²) in [4.78, 5) is 16.5. The average Bonchev–Trinajstić information content (AvgIpc) is 2.27. The van der Waals surface area contributed by atoms with Crippen molar-refractivity contribution in [3.8, 4) is 0 Å². The van der Waals surface area contributed by atoms with E-state index in [2.05, 4.69) is 18.7 Å². The van der Waals surface area contributed by atoms with Gasteiger partial charge in [-0.2, -0.15) is 0 Å². The van der Waals surface area contributed by atoms with Crippen LogP contribution in [0.2, 0.25) is 0 Å². The second-order valence-corrected chi connectivity index (χ2v) is 5.96. The molecule has 4 heteroatoms. The zero-order valence-electron chi connectivity index (χ0n) is 11.1. The average molecular weight is 239 g/mol. The molecule has 0 aromatic carbocycles. The minimum Gasteiger partial charge on any atom is -0.340 e. The van der Waals surface area contributed by atoms with Crippen LogP contribution in [0.25, 0.3) is 0 Å². The van der Waals surface area contributed by atoms with Gasteiger partial charge in [0.15, 0.2) is 0 Å². The Bertz CT molecular complexity index is 278. The molecule has 2 N–H and O–H groups in total. The number of piperazine rings is 1. The fourth-order valence-electron chi connectivity index (χ4n) is 2.57. The molecule has 1 aliphatic carbocycles. The highest BCUT2D eigenvalue weighted by Gasteiger charge is 2.34. The Hall–Kier alpha value is -0.610. The van der Waals surface area contributed by atoms with Gasteiger partial charge in [0.25, 0.3) is 0 Å². The molecule has 2 fully saturated rings. The van der Waals surface area contributed by atoms with Crippen molar-refractivity contribution in [2.24, 2.45) is 11.7 Å². The third-order valence-electron chi connectivity index (χ3n) is 4.40. The van der Waals surface area contributed by atoms with E-state index < -0.39 is 0 Å². The number of hydrogen-bond acceptors (Lipinski definition) is 3. The van der Waals surface area contributed by atoms with Crippen LogP contribution in [-0.2, 0) is 4.79 Å². The maximum Gasteiger partial charge on any atom is 0.225 e. The maximum absolute atomic E-state index is 12.1. The minimum absolute atomic E-state index is 0.0611. The third kappa shape index (κ3) is 2.63. The lowest BCUT2D eigenvalue weighted by molar-refractivity contribution is -0.140. The molecule has 0 atom stereocenters. The van der Waals surface area contributed by atoms with Gasteiger partial charge in [-0.3, -0.25) is 9.69 Å². The Morgan fingerprint density at radius 3 is 2.24 bits per heavy atom. The standard InChI is InChI=1S/C13H25N3O/c1-13(2,10-14)16-8-6-15(7-9-16)12(17)11-4-3-5-11/h11H,3-10,14H2,1-2H3. The minimum atomic E-state index is 0.0611. The molecular weight excluding hydrogens is 214 g/mol. The van der Waals surface area contributed by atoms with Crippen LogP contribution in [0.4, 0.5) is 0 Å². The first-order valence-corrected chi connectivity index (χ1v) is 6.78. The number of amides is 1. The number of carbonyl (C=O) groups excluding carboxylic acids is 1. The van der Waals surface area contributed by atoms with Crippen molar-refractivity contribution in [2.75, 3.05) is 32.7 Å². The molecule has 1 heterocycles. The van der Waals surface area contributed by atoms with Crippen LogP contribution in [0.15, 0.2) is 0 Å². The fraction of sp³-hybridized carbons (Fsp3) is 0.923. The smallest absolute Gasteiger partial charge is 0.225 e. The monoisotopic (exact) mass is 239 g/mol. The topological polar surface area (TPSA) is 49.6 Å². The summed E-state index contributed by atoms with van der Waals surface area (Å²) in [5.74, 6) is 0.727. The molecule has 0 aromatic rings. The van der Waals surface area contributed by atoms with Gasteiger partial charge < -0.3 is 10.6 Å². The van der Waals surface area contributed by atoms with Crippen molar-refractivity contribution in [3.05, 3.63) is 0 Å². The molecule has 1 amide bonds. The summed E-state index contributed by atoms with van der Waals surface area (Å²) >= 11 is 0. The second-order valence-electron chi connectivity index (χ2n) is 5.96. The summed E-state index contributed by atoms with van der Waals surface area (Å²) in [5, 5.41) is 0. The van der Waals surface area contributed by atoms with E-state index in [1.807, 2.05) is 4.90 Å². The van der Waals surface area contributed by atoms with Crippen LogP contribution < -0.4 is 5.73 Å². The summed E-state index contributed by atoms with van der Waals surface area (Å²) in [6, 6.07) is 0. The van der Waals surface area contributed by atoms with Gasteiger partial charge in [0.1, 0.15) is 0 Å². The van der Waals surface area contributed by atoms with E-state index in [0.717, 1.165) is 39.0 Å². The highest BCUT2D eigenvalue weighted by molar-refractivity contribution is 5.79. The first-order valence-electron chi connectivity index (χ1n) is 6.78. The van der Waals surface area contributed by atoms with Crippen LogP contribution >= 0.6 is 0 Å². The van der Waals surface area contributed by atoms with Crippen LogP contribution in [0, 0.1) is 5.92 Å². The van der Waals surface area contributed by atoms with Gasteiger partial charge >= 0.3 is 0 Å². The van der Waals surface area contributed by atoms with E-state index in [1.165, 1.54) is 6.42 Å². The molecule has 1 saturated heterocycles. The van der Waals surface area contributed by atoms with Gasteiger partial charge in [-0.15, -0.1) is 0 Å². The highest BCUT2D eigenvalue weighted by Crippen LogP contribution is 2.29. The molecule has 0 bridgehead atoms. The third-order valence-corrected chi connectivity index (χ3v) is 4.40. The number of nitrogens with zero attached hydrogens (tertiary/aromatic N) is 2. The number of rotatable bonds is 3. The van der Waals surface area contributed by atoms with Crippen molar-refractivity contribution in [1.29, 1.82) is 0 Å². The van der Waals surface area contributed by atoms with E-state index in [1.54, 1.807) is 0 Å². The molecule has 4 nitrogen and oxygen atoms in total. The summed E-state index contributed by atoms with van der Waals surface area (Å²) in [5.41, 5.74) is 5.85. The van der Waals surface area contributed by atoms with Crippen molar-refractivity contribution in [1.82, 2.24) is 9.80 Å². The van der Waals surface area contributed by atoms with Crippen molar-refractivity contribution in [2.45, 2.75) is 38.6 Å². The first-order chi connectivity index (χ1) is 8.04. The summed E-state index contributed by atoms with van der Waals surface area (Å²) in [7, 11) is 0. The first kappa shape index (κ1) is 12.8. The second kappa shape index (κ2) is 4.94. The Kier molecular flexibility index (Phi) is 3.73. The fourth-order valence-corrected chi connectivity index (χ4v) is 2.57. The van der Waals surface area contributed by atoms with Crippen molar-refractivity contribution < 1.29 is 4.79 Å². The Labute approximate surface area is 104 Å². The molecular formula is C13H25N3O. The van der Waals surface area contributed by atoms with Crippen LogP contribution in [0.1, 0.15) is 33.1 Å². The van der Waals surface area contributed by atoms with Crippen molar-refractivity contribution >= 4 is 5.91 Å². The predicted molar refractivity (Wildman–Crippen MR) is 68.6 cm³/mol. The molecule has 17 heavy (non-hydrogen) atoms. The van der Waals surface area contributed by atoms with Gasteiger partial charge in [0.2, 0.25) is 5.91 Å². The molecule has 2 aliphatic rings. The lowest BCUT2D eigenvalue weighted by Crippen LogP contribution is -2.59. The SMILES string of the molecule is CC(C)(CN)N1CCN(C(=O)C2CCC2)CC1. The van der Waals surface area contributed by atoms with Crippen molar-refractivity contribution in [3.63, 3.8) is 0 Å². The van der Waals surface area contributed by atoms with Gasteiger partial charge in [0, 0.05) is 44.2 Å². The van der Waals surface area contributed by atoms with E-state index in [9.17, 15) is 4.79 Å². The van der Waals surface area contributed by atoms with Crippen LogP contribution in [-0.4, -0.2) is 54.0 Å². The number of carbonyl (C=O) groups is 1. The maximum atomic E-state index is 12.1. The lowest BCUT2D eigenvalue weighted by atomic mass is 9.84. The van der Waals surface area contributed by atoms with Crippen LogP contribution in [0.5, 0.6) is 0 Å². The molecule has 0 spiro atoms. The van der Waals surface area contributed by atoms with Crippen LogP contribution in [0.3, 0.4) is 0 Å². The van der Waals surface area contributed by atoms with E-state index in [0.29, 0.717) is 18.4 Å². The molecule has 2 rings (SSSR count). The Morgan fingerprint density at radius 1 is 1.24 bits per heavy atom. The quantitative estimate of drug-likeness (QED) is 0.787. The van der Waals surface area contributed by atoms with E-state index in [-0.39, 0.29) is 5.54 Å². The molecule has 98 valence electrons. The molecule has 0 unspecified atom stereocenters. The van der Waals surface area contributed by atoms with Gasteiger partial charge in [-0.25, -0.2) is 0 Å². The number of nitrogens with two attached hydrogens (primary N) is 1. The number of hydrogen-bond donors (Lipinski definition) is 1. The zero-order valence-corrected chi connectivity index (χ0v) is 11.1.